The third kappa shape index (κ3) is 9.21. The summed E-state index contributed by atoms with van der Waals surface area (Å²) in [6.45, 7) is -0.575. The first-order valence-electron chi connectivity index (χ1n) is 3.37. The Bertz CT molecular complexity index is 260. The molecule has 0 heterocycles. The first-order chi connectivity index (χ1) is 5.81. The average molecular weight is 213 g/mol. The monoisotopic (exact) mass is 213 g/mol. The molecule has 4 N–H and O–H groups in total. The van der Waals surface area contributed by atoms with E-state index in [0.717, 1.165) is 0 Å². The van der Waals surface area contributed by atoms with Crippen molar-refractivity contribution in [2.24, 2.45) is 0 Å². The Labute approximate surface area is 75.1 Å². The van der Waals surface area contributed by atoms with Crippen molar-refractivity contribution in [3.63, 3.8) is 0 Å². The van der Waals surface area contributed by atoms with Gasteiger partial charge in [-0.3, -0.25) is 9.35 Å². The van der Waals surface area contributed by atoms with Crippen LogP contribution in [0.2, 0.25) is 0 Å². The number of carbonyl (C=O) groups is 1. The van der Waals surface area contributed by atoms with Crippen LogP contribution < -0.4 is 5.32 Å². The van der Waals surface area contributed by atoms with Crippen LogP contribution in [-0.4, -0.2) is 54.1 Å². The van der Waals surface area contributed by atoms with Crippen LogP contribution in [0.15, 0.2) is 0 Å². The molecule has 0 saturated carbocycles. The number of carboxylic acids is 1. The summed E-state index contributed by atoms with van der Waals surface area (Å²) in [6, 6.07) is 0. The van der Waals surface area contributed by atoms with Crippen LogP contribution in [-0.2, 0) is 14.9 Å². The Kier molecular flexibility index (Phi) is 4.85. The normalized spacial score (nSPS) is 14.0. The number of hydrogen-bond acceptors (Lipinski definition) is 5. The van der Waals surface area contributed by atoms with Gasteiger partial charge in [-0.25, -0.2) is 0 Å². The summed E-state index contributed by atoms with van der Waals surface area (Å²) in [5.41, 5.74) is 0. The van der Waals surface area contributed by atoms with E-state index < -0.39 is 27.9 Å². The number of aliphatic hydroxyl groups is 1. The molecule has 0 bridgehead atoms. The lowest BCUT2D eigenvalue weighted by molar-refractivity contribution is -0.136. The highest BCUT2D eigenvalue weighted by Crippen LogP contribution is 1.88. The van der Waals surface area contributed by atoms with Gasteiger partial charge in [0.1, 0.15) is 5.75 Å². The smallest absolute Gasteiger partial charge is 0.317 e. The van der Waals surface area contributed by atoms with E-state index in [1.54, 1.807) is 0 Å². The van der Waals surface area contributed by atoms with Crippen molar-refractivity contribution in [1.29, 1.82) is 0 Å². The Balaban J connectivity index is 3.64. The number of hydrogen-bond donors (Lipinski definition) is 4. The second-order valence-electron chi connectivity index (χ2n) is 2.43. The van der Waals surface area contributed by atoms with Gasteiger partial charge in [0.2, 0.25) is 0 Å². The van der Waals surface area contributed by atoms with Gasteiger partial charge >= 0.3 is 5.97 Å². The van der Waals surface area contributed by atoms with E-state index in [-0.39, 0.29) is 13.1 Å². The van der Waals surface area contributed by atoms with Crippen LogP contribution in [0.3, 0.4) is 0 Å². The van der Waals surface area contributed by atoms with Gasteiger partial charge in [-0.2, -0.15) is 8.42 Å². The molecule has 78 valence electrons. The molecule has 7 nitrogen and oxygen atoms in total. The van der Waals surface area contributed by atoms with Gasteiger partial charge in [0.15, 0.2) is 0 Å². The Hall–Kier alpha value is -0.700. The number of rotatable bonds is 6. The van der Waals surface area contributed by atoms with E-state index in [1.807, 2.05) is 0 Å². The Morgan fingerprint density at radius 1 is 1.46 bits per heavy atom. The molecule has 0 saturated heterocycles. The number of aliphatic hydroxyl groups excluding tert-OH is 1. The van der Waals surface area contributed by atoms with Gasteiger partial charge in [0, 0.05) is 6.54 Å². The molecule has 0 amide bonds. The van der Waals surface area contributed by atoms with Crippen LogP contribution in [0.1, 0.15) is 0 Å². The van der Waals surface area contributed by atoms with Gasteiger partial charge < -0.3 is 15.5 Å². The van der Waals surface area contributed by atoms with Gasteiger partial charge in [-0.15, -0.1) is 0 Å². The van der Waals surface area contributed by atoms with Crippen molar-refractivity contribution in [1.82, 2.24) is 5.32 Å². The molecular formula is C5H11NO6S. The highest BCUT2D eigenvalue weighted by atomic mass is 32.2. The highest BCUT2D eigenvalue weighted by molar-refractivity contribution is 7.85. The Morgan fingerprint density at radius 2 is 2.00 bits per heavy atom. The molecule has 0 radical (unpaired) electrons. The minimum atomic E-state index is -4.21. The molecule has 0 aromatic carbocycles. The Morgan fingerprint density at radius 3 is 2.38 bits per heavy atom. The molecule has 0 rings (SSSR count). The lowest BCUT2D eigenvalue weighted by Crippen LogP contribution is -2.34. The van der Waals surface area contributed by atoms with Crippen LogP contribution in [0, 0.1) is 0 Å². The highest BCUT2D eigenvalue weighted by Gasteiger charge is 2.13. The maximum absolute atomic E-state index is 10.2. The number of nitrogens with one attached hydrogen (secondary N) is 1. The summed E-state index contributed by atoms with van der Waals surface area (Å²) < 4.78 is 28.6. The van der Waals surface area contributed by atoms with Gasteiger partial charge in [-0.1, -0.05) is 0 Å². The minimum Gasteiger partial charge on any atom is -0.480 e. The van der Waals surface area contributed by atoms with E-state index >= 15 is 0 Å². The third-order valence-corrected chi connectivity index (χ3v) is 1.87. The first-order valence-corrected chi connectivity index (χ1v) is 4.98. The van der Waals surface area contributed by atoms with Gasteiger partial charge in [0.25, 0.3) is 10.1 Å². The van der Waals surface area contributed by atoms with Crippen molar-refractivity contribution in [2.75, 3.05) is 18.8 Å². The topological polar surface area (TPSA) is 124 Å². The summed E-state index contributed by atoms with van der Waals surface area (Å²) in [6.07, 6.45) is -1.31. The zero-order valence-electron chi connectivity index (χ0n) is 6.67. The summed E-state index contributed by atoms with van der Waals surface area (Å²) in [5.74, 6) is -1.92. The molecule has 1 atom stereocenters. The zero-order chi connectivity index (χ0) is 10.5. The van der Waals surface area contributed by atoms with Crippen molar-refractivity contribution >= 4 is 16.1 Å². The van der Waals surface area contributed by atoms with Crippen LogP contribution >= 0.6 is 0 Å². The quantitative estimate of drug-likeness (QED) is 0.373. The summed E-state index contributed by atoms with van der Waals surface area (Å²) in [5, 5.41) is 19.3. The largest absolute Gasteiger partial charge is 0.480 e. The number of carboxylic acid groups (broad SMARTS) is 1. The van der Waals surface area contributed by atoms with Gasteiger partial charge in [-0.05, 0) is 0 Å². The van der Waals surface area contributed by atoms with Crippen molar-refractivity contribution < 1.29 is 28.0 Å². The minimum absolute atomic E-state index is 0.202. The second-order valence-corrected chi connectivity index (χ2v) is 3.92. The molecule has 0 aliphatic rings. The van der Waals surface area contributed by atoms with E-state index in [1.165, 1.54) is 0 Å². The van der Waals surface area contributed by atoms with Gasteiger partial charge in [0.05, 0.1) is 12.6 Å². The van der Waals surface area contributed by atoms with E-state index in [2.05, 4.69) is 5.32 Å². The summed E-state index contributed by atoms with van der Waals surface area (Å²) in [4.78, 5) is 9.95. The van der Waals surface area contributed by atoms with E-state index in [4.69, 9.17) is 14.8 Å². The van der Waals surface area contributed by atoms with Crippen LogP contribution in [0.5, 0.6) is 0 Å². The molecule has 1 unspecified atom stereocenters. The zero-order valence-corrected chi connectivity index (χ0v) is 7.49. The maximum Gasteiger partial charge on any atom is 0.317 e. The van der Waals surface area contributed by atoms with Crippen molar-refractivity contribution in [2.45, 2.75) is 6.10 Å². The predicted molar refractivity (Wildman–Crippen MR) is 42.9 cm³/mol. The van der Waals surface area contributed by atoms with Crippen LogP contribution in [0.25, 0.3) is 0 Å². The van der Waals surface area contributed by atoms with Crippen molar-refractivity contribution in [3.05, 3.63) is 0 Å². The molecule has 8 heteroatoms. The van der Waals surface area contributed by atoms with Crippen LogP contribution in [0.4, 0.5) is 0 Å². The fourth-order valence-electron chi connectivity index (χ4n) is 0.648. The average Bonchev–Trinajstić information content (AvgIpc) is 1.81. The molecule has 0 fully saturated rings. The van der Waals surface area contributed by atoms with Crippen molar-refractivity contribution in [3.8, 4) is 0 Å². The molecule has 0 aliphatic carbocycles. The number of aliphatic carboxylic acids is 1. The predicted octanol–water partition coefficient (Wildman–Crippen LogP) is -2.09. The standard InChI is InChI=1S/C5H11NO6S/c7-4(3-13(10,11)12)1-6-2-5(8)9/h4,6-7H,1-3H2,(H,8,9)(H,10,11,12). The summed E-state index contributed by atoms with van der Waals surface area (Å²) in [7, 11) is -4.21. The maximum atomic E-state index is 10.2. The SMILES string of the molecule is O=C(O)CNCC(O)CS(=O)(=O)O. The molecule has 13 heavy (non-hydrogen) atoms. The lowest BCUT2D eigenvalue weighted by Gasteiger charge is -2.07. The second kappa shape index (κ2) is 5.12. The molecule has 0 aromatic heterocycles. The molecular weight excluding hydrogens is 202 g/mol. The lowest BCUT2D eigenvalue weighted by atomic mass is 10.4. The summed E-state index contributed by atoms with van der Waals surface area (Å²) >= 11 is 0. The fourth-order valence-corrected chi connectivity index (χ4v) is 1.25. The van der Waals surface area contributed by atoms with E-state index in [9.17, 15) is 13.2 Å². The fraction of sp³-hybridized carbons (Fsp3) is 0.800. The molecule has 0 spiro atoms. The first kappa shape index (κ1) is 12.3. The molecule has 0 aliphatic heterocycles. The third-order valence-electron chi connectivity index (χ3n) is 1.06. The molecule has 0 aromatic rings. The van der Waals surface area contributed by atoms with E-state index in [0.29, 0.717) is 0 Å².